The van der Waals surface area contributed by atoms with Crippen LogP contribution in [0.5, 0.6) is 0 Å². The lowest BCUT2D eigenvalue weighted by Crippen LogP contribution is -2.01. The van der Waals surface area contributed by atoms with Crippen LogP contribution in [0.3, 0.4) is 0 Å². The number of hydrogen-bond acceptors (Lipinski definition) is 2. The summed E-state index contributed by atoms with van der Waals surface area (Å²) in [6.45, 7) is 4.19. The second-order valence-corrected chi connectivity index (χ2v) is 13.1. The van der Waals surface area contributed by atoms with Crippen molar-refractivity contribution in [3.8, 4) is 33.6 Å². The van der Waals surface area contributed by atoms with Gasteiger partial charge in [0, 0.05) is 10.8 Å². The quantitative estimate of drug-likeness (QED) is 0.179. The maximum Gasteiger partial charge on any atom is 0.111 e. The Hall–Kier alpha value is -6.52. The normalized spacial score (nSPS) is 11.8. The fourth-order valence-corrected chi connectivity index (χ4v) is 7.95. The molecule has 4 heteroatoms. The molecule has 0 bridgehead atoms. The second-order valence-electron chi connectivity index (χ2n) is 13.1. The predicted octanol–water partition coefficient (Wildman–Crippen LogP) is 11.8. The van der Waals surface area contributed by atoms with Crippen molar-refractivity contribution in [2.75, 3.05) is 0 Å². The average molecular weight is 641 g/mol. The van der Waals surface area contributed by atoms with Gasteiger partial charge in [-0.05, 0) is 112 Å². The molecule has 0 amide bonds. The summed E-state index contributed by atoms with van der Waals surface area (Å²) in [5, 5.41) is 7.20. The fourth-order valence-electron chi connectivity index (χ4n) is 7.95. The molecular formula is C46H32N4. The van der Waals surface area contributed by atoms with Crippen molar-refractivity contribution in [3.05, 3.63) is 169 Å². The molecule has 2 heterocycles. The number of hydrogen-bond donors (Lipinski definition) is 0. The summed E-state index contributed by atoms with van der Waals surface area (Å²) in [5.74, 6) is 1.93. The van der Waals surface area contributed by atoms with Crippen molar-refractivity contribution >= 4 is 54.4 Å². The van der Waals surface area contributed by atoms with Crippen LogP contribution in [0.2, 0.25) is 0 Å². The van der Waals surface area contributed by atoms with E-state index in [1.165, 1.54) is 54.6 Å². The Labute approximate surface area is 289 Å². The Morgan fingerprint density at radius 2 is 0.880 bits per heavy atom. The summed E-state index contributed by atoms with van der Waals surface area (Å²) >= 11 is 0. The Kier molecular flexibility index (Phi) is 6.27. The molecule has 0 fully saturated rings. The van der Waals surface area contributed by atoms with Gasteiger partial charge in [0.05, 0.1) is 33.4 Å². The summed E-state index contributed by atoms with van der Waals surface area (Å²) in [6.07, 6.45) is 0. The van der Waals surface area contributed by atoms with Crippen molar-refractivity contribution in [2.24, 2.45) is 0 Å². The average Bonchev–Trinajstić information content (AvgIpc) is 3.68. The van der Waals surface area contributed by atoms with Crippen molar-refractivity contribution in [3.63, 3.8) is 0 Å². The highest BCUT2D eigenvalue weighted by Gasteiger charge is 2.20. The molecule has 50 heavy (non-hydrogen) atoms. The number of fused-ring (bicyclic) bond motifs is 5. The summed E-state index contributed by atoms with van der Waals surface area (Å²) < 4.78 is 4.61. The Morgan fingerprint density at radius 1 is 0.380 bits per heavy atom. The first-order valence-electron chi connectivity index (χ1n) is 17.1. The fraction of sp³-hybridized carbons (Fsp3) is 0.0435. The lowest BCUT2D eigenvalue weighted by Gasteiger charge is -2.19. The van der Waals surface area contributed by atoms with Gasteiger partial charge in [-0.2, -0.15) is 0 Å². The molecule has 2 aromatic heterocycles. The highest BCUT2D eigenvalue weighted by Crippen LogP contribution is 2.42. The minimum Gasteiger partial charge on any atom is -0.296 e. The van der Waals surface area contributed by atoms with Gasteiger partial charge in [0.1, 0.15) is 11.6 Å². The SMILES string of the molecule is Cc1nc2ccccc2n1-c1cccc2c(-c3ccc4cc(-c5ccccc5)ccc4c3)c3cccc(-n4c(C)nc5ccccc54)c3cc12. The molecule has 10 rings (SSSR count). The molecule has 236 valence electrons. The molecule has 0 aliphatic rings. The van der Waals surface area contributed by atoms with Gasteiger partial charge < -0.3 is 0 Å². The maximum absolute atomic E-state index is 4.96. The first kappa shape index (κ1) is 28.5. The molecule has 10 aromatic rings. The monoisotopic (exact) mass is 640 g/mol. The molecule has 0 atom stereocenters. The highest BCUT2D eigenvalue weighted by atomic mass is 15.1. The molecule has 0 radical (unpaired) electrons. The number of rotatable bonds is 4. The molecule has 0 unspecified atom stereocenters. The summed E-state index contributed by atoms with van der Waals surface area (Å²) in [5.41, 5.74) is 11.3. The topological polar surface area (TPSA) is 35.6 Å². The van der Waals surface area contributed by atoms with Crippen molar-refractivity contribution in [1.82, 2.24) is 19.1 Å². The van der Waals surface area contributed by atoms with E-state index in [9.17, 15) is 0 Å². The van der Waals surface area contributed by atoms with E-state index in [4.69, 9.17) is 9.97 Å². The largest absolute Gasteiger partial charge is 0.296 e. The first-order valence-corrected chi connectivity index (χ1v) is 17.1. The zero-order chi connectivity index (χ0) is 33.3. The van der Waals surface area contributed by atoms with Gasteiger partial charge in [-0.3, -0.25) is 9.13 Å². The van der Waals surface area contributed by atoms with E-state index < -0.39 is 0 Å². The summed E-state index contributed by atoms with van der Waals surface area (Å²) in [6, 6.07) is 56.9. The van der Waals surface area contributed by atoms with Gasteiger partial charge >= 0.3 is 0 Å². The van der Waals surface area contributed by atoms with Gasteiger partial charge in [-0.1, -0.05) is 103 Å². The minimum absolute atomic E-state index is 0.963. The molecule has 0 saturated heterocycles. The lowest BCUT2D eigenvalue weighted by atomic mass is 9.89. The zero-order valence-electron chi connectivity index (χ0n) is 27.8. The summed E-state index contributed by atoms with van der Waals surface area (Å²) in [7, 11) is 0. The number of para-hydroxylation sites is 4. The van der Waals surface area contributed by atoms with Crippen molar-refractivity contribution in [1.29, 1.82) is 0 Å². The number of imidazole rings is 2. The van der Waals surface area contributed by atoms with Crippen LogP contribution < -0.4 is 0 Å². The minimum atomic E-state index is 0.963. The van der Waals surface area contributed by atoms with Crippen LogP contribution in [0.15, 0.2) is 158 Å². The van der Waals surface area contributed by atoms with Crippen LogP contribution in [0.4, 0.5) is 0 Å². The molecular weight excluding hydrogens is 609 g/mol. The standard InChI is InChI=1S/C46H32N4/c1-29-47-40-16-6-8-18-44(40)49(29)42-20-10-14-36-38(42)28-39-37(15-11-21-43(39)50-30(2)48-41-17-7-9-19-45(41)50)46(36)35-25-24-33-26-32(22-23-34(33)27-35)31-12-4-3-5-13-31/h3-28H,1-2H3. The van der Waals surface area contributed by atoms with Crippen LogP contribution in [0.1, 0.15) is 11.6 Å². The van der Waals surface area contributed by atoms with Gasteiger partial charge in [0.2, 0.25) is 0 Å². The van der Waals surface area contributed by atoms with E-state index >= 15 is 0 Å². The van der Waals surface area contributed by atoms with Crippen LogP contribution >= 0.6 is 0 Å². The number of benzene rings is 8. The number of nitrogens with zero attached hydrogens (tertiary/aromatic N) is 4. The third kappa shape index (κ3) is 4.32. The lowest BCUT2D eigenvalue weighted by molar-refractivity contribution is 1.01. The zero-order valence-corrected chi connectivity index (χ0v) is 27.8. The van der Waals surface area contributed by atoms with E-state index in [1.54, 1.807) is 0 Å². The third-order valence-electron chi connectivity index (χ3n) is 10.2. The van der Waals surface area contributed by atoms with Gasteiger partial charge in [-0.15, -0.1) is 0 Å². The molecule has 8 aromatic carbocycles. The molecule has 0 saturated carbocycles. The Balaban J connectivity index is 1.30. The highest BCUT2D eigenvalue weighted by molar-refractivity contribution is 6.17. The van der Waals surface area contributed by atoms with E-state index in [0.29, 0.717) is 0 Å². The summed E-state index contributed by atoms with van der Waals surface area (Å²) in [4.78, 5) is 9.91. The smallest absolute Gasteiger partial charge is 0.111 e. The molecule has 0 spiro atoms. The van der Waals surface area contributed by atoms with Gasteiger partial charge in [0.15, 0.2) is 0 Å². The van der Waals surface area contributed by atoms with Gasteiger partial charge in [0.25, 0.3) is 0 Å². The molecule has 4 nitrogen and oxygen atoms in total. The number of aromatic nitrogens is 4. The first-order chi connectivity index (χ1) is 24.6. The van der Waals surface area contributed by atoms with Crippen LogP contribution in [0.25, 0.3) is 88.0 Å². The third-order valence-corrected chi connectivity index (χ3v) is 10.2. The van der Waals surface area contributed by atoms with Crippen molar-refractivity contribution < 1.29 is 0 Å². The van der Waals surface area contributed by atoms with Gasteiger partial charge in [-0.25, -0.2) is 9.97 Å². The second kappa shape index (κ2) is 11.0. The predicted molar refractivity (Wildman–Crippen MR) is 209 cm³/mol. The maximum atomic E-state index is 4.96. The number of aryl methyl sites for hydroxylation is 2. The van der Waals surface area contributed by atoms with Crippen molar-refractivity contribution in [2.45, 2.75) is 13.8 Å². The van der Waals surface area contributed by atoms with E-state index in [0.717, 1.165) is 45.1 Å². The Bertz CT molecular complexity index is 2810. The van der Waals surface area contributed by atoms with E-state index in [-0.39, 0.29) is 0 Å². The van der Waals surface area contributed by atoms with E-state index in [1.807, 2.05) is 0 Å². The van der Waals surface area contributed by atoms with Crippen LogP contribution in [-0.4, -0.2) is 19.1 Å². The van der Waals surface area contributed by atoms with Crippen LogP contribution in [-0.2, 0) is 0 Å². The molecule has 0 N–H and O–H groups in total. The van der Waals surface area contributed by atoms with E-state index in [2.05, 4.69) is 181 Å². The Morgan fingerprint density at radius 3 is 1.46 bits per heavy atom. The molecule has 0 aliphatic carbocycles. The van der Waals surface area contributed by atoms with Crippen LogP contribution in [0, 0.1) is 13.8 Å². The molecule has 0 aliphatic heterocycles.